The minimum atomic E-state index is -0.712. The predicted molar refractivity (Wildman–Crippen MR) is 163 cm³/mol. The van der Waals surface area contributed by atoms with Gasteiger partial charge < -0.3 is 10.1 Å². The number of carbonyl (C=O) groups excluding carboxylic acids is 2. The lowest BCUT2D eigenvalue weighted by Gasteiger charge is -2.18. The van der Waals surface area contributed by atoms with Crippen LogP contribution in [-0.4, -0.2) is 49.5 Å². The monoisotopic (exact) mass is 632 g/mol. The molecule has 44 heavy (non-hydrogen) atoms. The van der Waals surface area contributed by atoms with E-state index in [2.05, 4.69) is 41.1 Å². The van der Waals surface area contributed by atoms with Crippen LogP contribution in [0.25, 0.3) is 22.9 Å². The van der Waals surface area contributed by atoms with Crippen LogP contribution >= 0.6 is 23.2 Å². The summed E-state index contributed by atoms with van der Waals surface area (Å²) in [4.78, 5) is 24.8. The van der Waals surface area contributed by atoms with Crippen molar-refractivity contribution >= 4 is 47.0 Å². The molecule has 2 amide bonds. The van der Waals surface area contributed by atoms with E-state index in [1.54, 1.807) is 66.7 Å². The van der Waals surface area contributed by atoms with Gasteiger partial charge in [-0.25, -0.2) is 9.18 Å². The first kappa shape index (κ1) is 30.3. The molecule has 2 N–H and O–H groups in total. The summed E-state index contributed by atoms with van der Waals surface area (Å²) < 4.78 is 20.1. The number of methoxy groups -OCH3 is 1. The first-order chi connectivity index (χ1) is 21.3. The van der Waals surface area contributed by atoms with Gasteiger partial charge in [-0.05, 0) is 82.6 Å². The van der Waals surface area contributed by atoms with Crippen LogP contribution in [0.5, 0.6) is 0 Å². The minimum absolute atomic E-state index is 0.134. The van der Waals surface area contributed by atoms with Crippen LogP contribution in [0.4, 0.5) is 14.9 Å². The Morgan fingerprint density at radius 1 is 1.05 bits per heavy atom. The first-order valence-corrected chi connectivity index (χ1v) is 13.8. The van der Waals surface area contributed by atoms with Crippen molar-refractivity contribution in [2.24, 2.45) is 0 Å². The third kappa shape index (κ3) is 7.60. The van der Waals surface area contributed by atoms with Gasteiger partial charge in [0, 0.05) is 27.9 Å². The highest BCUT2D eigenvalue weighted by atomic mass is 35.5. The normalized spacial score (nSPS) is 11.7. The Balaban J connectivity index is 1.43. The summed E-state index contributed by atoms with van der Waals surface area (Å²) in [5.74, 6) is -0.863. The molecule has 0 fully saturated rings. The van der Waals surface area contributed by atoms with E-state index < -0.39 is 23.9 Å². The van der Waals surface area contributed by atoms with Crippen molar-refractivity contribution in [2.45, 2.75) is 12.5 Å². The zero-order chi connectivity index (χ0) is 31.1. The van der Waals surface area contributed by atoms with Crippen LogP contribution in [0.1, 0.15) is 22.9 Å². The summed E-state index contributed by atoms with van der Waals surface area (Å²) in [5.41, 5.74) is 3.98. The second-order valence-corrected chi connectivity index (χ2v) is 10.1. The summed E-state index contributed by atoms with van der Waals surface area (Å²) in [6.07, 6.45) is 3.96. The molecule has 0 bridgehead atoms. The van der Waals surface area contributed by atoms with Crippen LogP contribution in [0, 0.1) is 5.82 Å². The molecule has 3 aromatic carbocycles. The Morgan fingerprint density at radius 3 is 2.59 bits per heavy atom. The van der Waals surface area contributed by atoms with E-state index >= 15 is 0 Å². The van der Waals surface area contributed by atoms with Gasteiger partial charge in [-0.1, -0.05) is 47.5 Å². The van der Waals surface area contributed by atoms with Gasteiger partial charge in [-0.2, -0.15) is 9.78 Å². The van der Waals surface area contributed by atoms with Gasteiger partial charge in [0.05, 0.1) is 24.5 Å². The number of benzene rings is 3. The zero-order valence-corrected chi connectivity index (χ0v) is 24.5. The molecule has 11 nitrogen and oxygen atoms in total. The Kier molecular flexibility index (Phi) is 9.52. The van der Waals surface area contributed by atoms with Crippen LogP contribution in [-0.2, 0) is 16.0 Å². The molecule has 0 spiro atoms. The third-order valence-corrected chi connectivity index (χ3v) is 6.91. The van der Waals surface area contributed by atoms with E-state index in [4.69, 9.17) is 23.2 Å². The van der Waals surface area contributed by atoms with Gasteiger partial charge >= 0.3 is 6.09 Å². The molecule has 5 rings (SSSR count). The maximum absolute atomic E-state index is 14.0. The number of halogens is 3. The van der Waals surface area contributed by atoms with Crippen LogP contribution in [0.3, 0.4) is 0 Å². The van der Waals surface area contributed by atoms with Crippen molar-refractivity contribution in [3.63, 3.8) is 0 Å². The highest BCUT2D eigenvalue weighted by Gasteiger charge is 2.20. The van der Waals surface area contributed by atoms with E-state index in [1.165, 1.54) is 36.3 Å². The van der Waals surface area contributed by atoms with Gasteiger partial charge in [0.25, 0.3) is 0 Å². The maximum Gasteiger partial charge on any atom is 0.411 e. The molecule has 14 heteroatoms. The Bertz CT molecular complexity index is 1820. The molecule has 0 saturated heterocycles. The summed E-state index contributed by atoms with van der Waals surface area (Å²) in [5, 5.41) is 25.7. The fourth-order valence-corrected chi connectivity index (χ4v) is 4.70. The van der Waals surface area contributed by atoms with Crippen molar-refractivity contribution in [1.29, 1.82) is 0 Å². The molecule has 0 aliphatic carbocycles. The van der Waals surface area contributed by atoms with Crippen molar-refractivity contribution in [1.82, 2.24) is 35.7 Å². The van der Waals surface area contributed by atoms with Gasteiger partial charge in [0.15, 0.2) is 5.15 Å². The summed E-state index contributed by atoms with van der Waals surface area (Å²) in [6, 6.07) is 19.0. The number of hydrogen-bond donors (Lipinski definition) is 2. The molecule has 0 aliphatic heterocycles. The summed E-state index contributed by atoms with van der Waals surface area (Å²) in [7, 11) is 1.27. The highest BCUT2D eigenvalue weighted by Crippen LogP contribution is 2.30. The lowest BCUT2D eigenvalue weighted by molar-refractivity contribution is -0.117. The van der Waals surface area contributed by atoms with Crippen LogP contribution < -0.4 is 10.6 Å². The largest absolute Gasteiger partial charge is 0.453 e. The molecule has 2 aromatic heterocycles. The second kappa shape index (κ2) is 13.8. The van der Waals surface area contributed by atoms with Crippen molar-refractivity contribution in [3.8, 4) is 16.8 Å². The molecule has 2 heterocycles. The zero-order valence-electron chi connectivity index (χ0n) is 23.0. The predicted octanol–water partition coefficient (Wildman–Crippen LogP) is 5.86. The van der Waals surface area contributed by atoms with Crippen molar-refractivity contribution in [2.75, 3.05) is 12.4 Å². The van der Waals surface area contributed by atoms with Gasteiger partial charge in [-0.15, -0.1) is 10.2 Å². The second-order valence-electron chi connectivity index (χ2n) is 9.35. The number of hydrogen-bond acceptors (Lipinski definition) is 8. The van der Waals surface area contributed by atoms with E-state index in [0.29, 0.717) is 44.3 Å². The minimum Gasteiger partial charge on any atom is -0.453 e. The molecular weight excluding hydrogens is 610 g/mol. The SMILES string of the molecule is COC(=O)Nc1ccc(-c2cc([C@H](Cc3cccc(F)c3)NC(=O)C=Cc3cc(Cl)ccc3-n3cnnn3)nnc2Cl)cc1. The average molecular weight is 633 g/mol. The van der Waals surface area contributed by atoms with Gasteiger partial charge in [-0.3, -0.25) is 10.1 Å². The Morgan fingerprint density at radius 2 is 1.86 bits per heavy atom. The van der Waals surface area contributed by atoms with E-state index in [-0.39, 0.29) is 11.6 Å². The smallest absolute Gasteiger partial charge is 0.411 e. The molecule has 0 aliphatic rings. The number of ether oxygens (including phenoxy) is 1. The number of tetrazole rings is 1. The Labute approximate surface area is 260 Å². The number of nitrogens with one attached hydrogen (secondary N) is 2. The molecule has 0 radical (unpaired) electrons. The molecule has 0 unspecified atom stereocenters. The number of nitrogens with zero attached hydrogens (tertiary/aromatic N) is 6. The molecule has 5 aromatic rings. The molecular formula is C30H23Cl2FN8O3. The quantitative estimate of drug-likeness (QED) is 0.193. The number of amides is 2. The summed E-state index contributed by atoms with van der Waals surface area (Å²) >= 11 is 12.6. The molecule has 222 valence electrons. The standard InChI is InChI=1S/C30H23Cl2FN8O3/c1-44-30(43)35-23-9-5-19(6-10-23)24-16-26(37-38-29(24)32)25(14-18-3-2-4-22(33)13-18)36-28(42)12-7-20-15-21(31)8-11-27(20)41-17-34-39-40-41/h2-13,15-17,25H,14H2,1H3,(H,35,43)(H,36,42)/t25-/m0/s1. The van der Waals surface area contributed by atoms with Crippen molar-refractivity contribution in [3.05, 3.63) is 118 Å². The van der Waals surface area contributed by atoms with Crippen molar-refractivity contribution < 1.29 is 18.7 Å². The molecule has 0 saturated carbocycles. The number of rotatable bonds is 9. The van der Waals surface area contributed by atoms with E-state index in [0.717, 1.165) is 0 Å². The number of anilines is 1. The van der Waals surface area contributed by atoms with Crippen LogP contribution in [0.15, 0.2) is 85.2 Å². The number of aromatic nitrogens is 6. The van der Waals surface area contributed by atoms with Gasteiger partial charge in [0.2, 0.25) is 5.91 Å². The lowest BCUT2D eigenvalue weighted by Crippen LogP contribution is -2.29. The average Bonchev–Trinajstić information content (AvgIpc) is 3.55. The number of carbonyl (C=O) groups is 2. The summed E-state index contributed by atoms with van der Waals surface area (Å²) in [6.45, 7) is 0. The van der Waals surface area contributed by atoms with E-state index in [1.807, 2.05) is 0 Å². The third-order valence-electron chi connectivity index (χ3n) is 6.40. The topological polar surface area (TPSA) is 137 Å². The van der Waals surface area contributed by atoms with Crippen LogP contribution in [0.2, 0.25) is 10.2 Å². The fraction of sp³-hybridized carbons (Fsp3) is 0.100. The highest BCUT2D eigenvalue weighted by molar-refractivity contribution is 6.32. The van der Waals surface area contributed by atoms with Gasteiger partial charge in [0.1, 0.15) is 12.1 Å². The first-order valence-electron chi connectivity index (χ1n) is 13.0. The fourth-order valence-electron chi connectivity index (χ4n) is 4.32. The lowest BCUT2D eigenvalue weighted by atomic mass is 10.00. The Hall–Kier alpha value is -5.20. The molecule has 1 atom stereocenters. The maximum atomic E-state index is 14.0. The van der Waals surface area contributed by atoms with E-state index in [9.17, 15) is 14.0 Å².